The molecule has 4 rings (SSSR count). The van der Waals surface area contributed by atoms with Crippen LogP contribution in [0.25, 0.3) is 10.9 Å². The van der Waals surface area contributed by atoms with Crippen LogP contribution in [0.2, 0.25) is 5.02 Å². The SMILES string of the molecule is CCn1c(NNC(=O)c2sc(COc3ccc(Cl)cc3)nc2C)nc2ccccc2c1=O. The molecule has 0 aliphatic heterocycles. The summed E-state index contributed by atoms with van der Waals surface area (Å²) in [6.07, 6.45) is 0. The van der Waals surface area contributed by atoms with Gasteiger partial charge >= 0.3 is 0 Å². The van der Waals surface area contributed by atoms with Crippen LogP contribution in [-0.2, 0) is 13.2 Å². The third-order valence-corrected chi connectivity index (χ3v) is 6.07. The standard InChI is InChI=1S/C22H20ClN5O3S/c1-3-28-21(30)16-6-4-5-7-17(16)25-22(28)27-26-20(29)19-13(2)24-18(32-19)12-31-15-10-8-14(23)9-11-15/h4-11H,3,12H2,1-2H3,(H,25,27)(H,26,29). The number of carbonyl (C=O) groups is 1. The molecule has 0 spiro atoms. The number of rotatable bonds is 7. The Morgan fingerprint density at radius 1 is 1.16 bits per heavy atom. The molecule has 0 aliphatic rings. The highest BCUT2D eigenvalue weighted by molar-refractivity contribution is 7.13. The largest absolute Gasteiger partial charge is 0.486 e. The summed E-state index contributed by atoms with van der Waals surface area (Å²) in [6.45, 7) is 4.23. The van der Waals surface area contributed by atoms with Gasteiger partial charge in [0.05, 0.1) is 16.6 Å². The molecule has 4 aromatic rings. The van der Waals surface area contributed by atoms with Crippen LogP contribution in [0.5, 0.6) is 5.75 Å². The molecule has 8 nitrogen and oxygen atoms in total. The van der Waals surface area contributed by atoms with Crippen LogP contribution >= 0.6 is 22.9 Å². The van der Waals surface area contributed by atoms with Gasteiger partial charge < -0.3 is 4.74 Å². The van der Waals surface area contributed by atoms with E-state index in [0.29, 0.717) is 43.8 Å². The van der Waals surface area contributed by atoms with Crippen LogP contribution in [0, 0.1) is 6.92 Å². The minimum Gasteiger partial charge on any atom is -0.486 e. The number of hydrogen-bond acceptors (Lipinski definition) is 7. The van der Waals surface area contributed by atoms with Crippen molar-refractivity contribution in [2.24, 2.45) is 0 Å². The van der Waals surface area contributed by atoms with Crippen LogP contribution < -0.4 is 21.1 Å². The number of aromatic nitrogens is 3. The summed E-state index contributed by atoms with van der Waals surface area (Å²) in [4.78, 5) is 34.8. The molecule has 32 heavy (non-hydrogen) atoms. The Kier molecular flexibility index (Phi) is 6.38. The van der Waals surface area contributed by atoms with Gasteiger partial charge in [-0.2, -0.15) is 0 Å². The van der Waals surface area contributed by atoms with Gasteiger partial charge in [-0.1, -0.05) is 23.7 Å². The molecule has 0 radical (unpaired) electrons. The lowest BCUT2D eigenvalue weighted by atomic mass is 10.2. The van der Waals surface area contributed by atoms with Crippen molar-refractivity contribution < 1.29 is 9.53 Å². The van der Waals surface area contributed by atoms with E-state index in [4.69, 9.17) is 16.3 Å². The van der Waals surface area contributed by atoms with Crippen molar-refractivity contribution in [1.82, 2.24) is 20.0 Å². The van der Waals surface area contributed by atoms with Crippen molar-refractivity contribution in [3.05, 3.63) is 79.5 Å². The Hall–Kier alpha value is -3.43. The summed E-state index contributed by atoms with van der Waals surface area (Å²) in [7, 11) is 0. The first-order valence-corrected chi connectivity index (χ1v) is 11.1. The predicted octanol–water partition coefficient (Wildman–Crippen LogP) is 4.17. The molecular weight excluding hydrogens is 450 g/mol. The van der Waals surface area contributed by atoms with E-state index < -0.39 is 0 Å². The van der Waals surface area contributed by atoms with E-state index in [9.17, 15) is 9.59 Å². The van der Waals surface area contributed by atoms with Crippen molar-refractivity contribution in [3.63, 3.8) is 0 Å². The lowest BCUT2D eigenvalue weighted by Crippen LogP contribution is -2.34. The van der Waals surface area contributed by atoms with Gasteiger partial charge in [0.25, 0.3) is 11.5 Å². The molecule has 2 aromatic carbocycles. The Balaban J connectivity index is 1.46. The fourth-order valence-electron chi connectivity index (χ4n) is 3.13. The molecule has 0 atom stereocenters. The summed E-state index contributed by atoms with van der Waals surface area (Å²) >= 11 is 7.12. The third-order valence-electron chi connectivity index (χ3n) is 4.69. The van der Waals surface area contributed by atoms with Crippen molar-refractivity contribution in [2.45, 2.75) is 27.0 Å². The highest BCUT2D eigenvalue weighted by Gasteiger charge is 2.17. The number of carbonyl (C=O) groups excluding carboxylic acids is 1. The first kappa shape index (κ1) is 21.8. The number of nitrogens with zero attached hydrogens (tertiary/aromatic N) is 3. The molecule has 2 heterocycles. The number of halogens is 1. The van der Waals surface area contributed by atoms with E-state index in [1.807, 2.05) is 13.0 Å². The first-order chi connectivity index (χ1) is 15.5. The van der Waals surface area contributed by atoms with E-state index in [2.05, 4.69) is 20.8 Å². The normalized spacial score (nSPS) is 10.8. The van der Waals surface area contributed by atoms with Crippen LogP contribution in [-0.4, -0.2) is 20.4 Å². The van der Waals surface area contributed by atoms with Gasteiger partial charge in [0.1, 0.15) is 22.2 Å². The van der Waals surface area contributed by atoms with Crippen molar-refractivity contribution in [3.8, 4) is 5.75 Å². The van der Waals surface area contributed by atoms with E-state index in [1.54, 1.807) is 49.4 Å². The molecular formula is C22H20ClN5O3S. The molecule has 0 saturated carbocycles. The second-order valence-electron chi connectivity index (χ2n) is 6.85. The quantitative estimate of drug-likeness (QED) is 0.394. The summed E-state index contributed by atoms with van der Waals surface area (Å²) in [5.41, 5.74) is 6.36. The Morgan fingerprint density at radius 2 is 1.91 bits per heavy atom. The van der Waals surface area contributed by atoms with Crippen molar-refractivity contribution >= 4 is 45.7 Å². The molecule has 164 valence electrons. The monoisotopic (exact) mass is 469 g/mol. The van der Waals surface area contributed by atoms with Gasteiger partial charge in [0.15, 0.2) is 0 Å². The maximum absolute atomic E-state index is 12.7. The predicted molar refractivity (Wildman–Crippen MR) is 125 cm³/mol. The summed E-state index contributed by atoms with van der Waals surface area (Å²) in [5, 5.41) is 1.81. The number of para-hydroxylation sites is 1. The number of amides is 1. The van der Waals surface area contributed by atoms with E-state index in [1.165, 1.54) is 15.9 Å². The van der Waals surface area contributed by atoms with E-state index >= 15 is 0 Å². The average Bonchev–Trinajstić information content (AvgIpc) is 3.18. The number of thiazole rings is 1. The van der Waals surface area contributed by atoms with Crippen LogP contribution in [0.1, 0.15) is 27.3 Å². The molecule has 0 saturated heterocycles. The molecule has 1 amide bonds. The maximum Gasteiger partial charge on any atom is 0.281 e. The van der Waals surface area contributed by atoms with Gasteiger partial charge in [0.2, 0.25) is 5.95 Å². The minimum atomic E-state index is -0.372. The Morgan fingerprint density at radius 3 is 2.66 bits per heavy atom. The third kappa shape index (κ3) is 4.58. The zero-order chi connectivity index (χ0) is 22.7. The fraction of sp³-hybridized carbons (Fsp3) is 0.182. The topological polar surface area (TPSA) is 98.1 Å². The lowest BCUT2D eigenvalue weighted by molar-refractivity contribution is 0.0965. The molecule has 2 N–H and O–H groups in total. The minimum absolute atomic E-state index is 0.176. The zero-order valence-corrected chi connectivity index (χ0v) is 19.0. The molecule has 2 aromatic heterocycles. The second kappa shape index (κ2) is 9.37. The zero-order valence-electron chi connectivity index (χ0n) is 17.4. The van der Waals surface area contributed by atoms with Crippen LogP contribution in [0.3, 0.4) is 0 Å². The van der Waals surface area contributed by atoms with Crippen LogP contribution in [0.4, 0.5) is 5.95 Å². The molecule has 0 aliphatic carbocycles. The number of aryl methyl sites for hydroxylation is 1. The summed E-state index contributed by atoms with van der Waals surface area (Å²) < 4.78 is 7.17. The fourth-order valence-corrected chi connectivity index (χ4v) is 4.13. The molecule has 0 unspecified atom stereocenters. The summed E-state index contributed by atoms with van der Waals surface area (Å²) in [5.74, 6) is 0.552. The molecule has 10 heteroatoms. The lowest BCUT2D eigenvalue weighted by Gasteiger charge is -2.13. The number of hydrogen-bond donors (Lipinski definition) is 2. The van der Waals surface area contributed by atoms with E-state index in [-0.39, 0.29) is 24.0 Å². The Labute approximate surface area is 192 Å². The first-order valence-electron chi connectivity index (χ1n) is 9.87. The van der Waals surface area contributed by atoms with Crippen molar-refractivity contribution in [2.75, 3.05) is 5.43 Å². The second-order valence-corrected chi connectivity index (χ2v) is 8.37. The van der Waals surface area contributed by atoms with Gasteiger partial charge in [-0.25, -0.2) is 9.97 Å². The number of anilines is 1. The molecule has 0 fully saturated rings. The maximum atomic E-state index is 12.7. The van der Waals surface area contributed by atoms with Crippen LogP contribution in [0.15, 0.2) is 53.3 Å². The van der Waals surface area contributed by atoms with E-state index in [0.717, 1.165) is 0 Å². The highest BCUT2D eigenvalue weighted by atomic mass is 35.5. The smallest absolute Gasteiger partial charge is 0.281 e. The highest BCUT2D eigenvalue weighted by Crippen LogP contribution is 2.21. The number of benzene rings is 2. The van der Waals surface area contributed by atoms with Gasteiger partial charge in [-0.3, -0.25) is 25.0 Å². The van der Waals surface area contributed by atoms with Gasteiger partial charge in [-0.05, 0) is 50.2 Å². The summed E-state index contributed by atoms with van der Waals surface area (Å²) in [6, 6.07) is 14.1. The number of hydrazine groups is 1. The van der Waals surface area contributed by atoms with Crippen molar-refractivity contribution in [1.29, 1.82) is 0 Å². The number of ether oxygens (including phenoxy) is 1. The van der Waals surface area contributed by atoms with Gasteiger partial charge in [-0.15, -0.1) is 11.3 Å². The van der Waals surface area contributed by atoms with Gasteiger partial charge in [0, 0.05) is 11.6 Å². The average molecular weight is 470 g/mol. The number of nitrogens with one attached hydrogen (secondary N) is 2. The molecule has 0 bridgehead atoms. The Bertz CT molecular complexity index is 1330. The number of fused-ring (bicyclic) bond motifs is 1.